The van der Waals surface area contributed by atoms with Crippen LogP contribution in [0.1, 0.15) is 56.1 Å². The van der Waals surface area contributed by atoms with Crippen molar-refractivity contribution in [3.05, 3.63) is 23.2 Å². The van der Waals surface area contributed by atoms with Crippen molar-refractivity contribution in [3.8, 4) is 0 Å². The zero-order valence-corrected chi connectivity index (χ0v) is 9.88. The number of hydrogen-bond donors (Lipinski definition) is 1. The molecule has 0 spiro atoms. The van der Waals surface area contributed by atoms with Crippen LogP contribution < -0.4 is 0 Å². The summed E-state index contributed by atoms with van der Waals surface area (Å²) in [4.78, 5) is 0. The van der Waals surface area contributed by atoms with Crippen molar-refractivity contribution in [3.63, 3.8) is 0 Å². The summed E-state index contributed by atoms with van der Waals surface area (Å²) in [6.45, 7) is 4.18. The lowest BCUT2D eigenvalue weighted by Gasteiger charge is -2.00. The Balaban J connectivity index is 2.30. The van der Waals surface area contributed by atoms with E-state index in [1.807, 2.05) is 13.0 Å². The molecule has 1 rings (SSSR count). The van der Waals surface area contributed by atoms with Crippen LogP contribution in [0.4, 0.5) is 0 Å². The molecule has 2 heteroatoms. The first-order chi connectivity index (χ1) is 7.27. The lowest BCUT2D eigenvalue weighted by atomic mass is 10.1. The van der Waals surface area contributed by atoms with Crippen LogP contribution in [0.3, 0.4) is 0 Å². The van der Waals surface area contributed by atoms with Gasteiger partial charge in [0, 0.05) is 0 Å². The number of aryl methyl sites for hydroxylation is 2. The van der Waals surface area contributed by atoms with E-state index in [-0.39, 0.29) is 6.61 Å². The zero-order chi connectivity index (χ0) is 11.1. The Bertz CT molecular complexity index is 276. The van der Waals surface area contributed by atoms with E-state index >= 15 is 0 Å². The number of furan rings is 1. The molecule has 0 saturated carbocycles. The molecule has 1 N–H and O–H groups in total. The minimum atomic E-state index is 0.0259. The van der Waals surface area contributed by atoms with Crippen LogP contribution in [-0.2, 0) is 13.0 Å². The highest BCUT2D eigenvalue weighted by atomic mass is 16.4. The van der Waals surface area contributed by atoms with Gasteiger partial charge in [-0.3, -0.25) is 0 Å². The molecule has 0 aromatic carbocycles. The molecule has 0 aliphatic carbocycles. The van der Waals surface area contributed by atoms with Gasteiger partial charge in [-0.1, -0.05) is 32.6 Å². The van der Waals surface area contributed by atoms with E-state index in [4.69, 9.17) is 9.52 Å². The first kappa shape index (κ1) is 12.3. The fourth-order valence-corrected chi connectivity index (χ4v) is 1.88. The lowest BCUT2D eigenvalue weighted by molar-refractivity contribution is 0.243. The van der Waals surface area contributed by atoms with E-state index in [1.54, 1.807) is 0 Å². The molecule has 1 aromatic rings. The highest BCUT2D eigenvalue weighted by Gasteiger charge is 2.06. The molecule has 1 heterocycles. The van der Waals surface area contributed by atoms with Gasteiger partial charge in [0.1, 0.15) is 18.1 Å². The van der Waals surface area contributed by atoms with Gasteiger partial charge in [0.25, 0.3) is 0 Å². The van der Waals surface area contributed by atoms with Gasteiger partial charge < -0.3 is 9.52 Å². The van der Waals surface area contributed by atoms with E-state index in [2.05, 4.69) is 6.92 Å². The number of rotatable bonds is 7. The van der Waals surface area contributed by atoms with Gasteiger partial charge in [-0.2, -0.15) is 0 Å². The molecule has 0 aliphatic heterocycles. The van der Waals surface area contributed by atoms with Gasteiger partial charge in [0.05, 0.1) is 0 Å². The maximum Gasteiger partial charge on any atom is 0.132 e. The molecule has 1 aromatic heterocycles. The summed E-state index contributed by atoms with van der Waals surface area (Å²) < 4.78 is 5.39. The largest absolute Gasteiger partial charge is 0.464 e. The first-order valence-corrected chi connectivity index (χ1v) is 5.97. The van der Waals surface area contributed by atoms with Crippen molar-refractivity contribution in [1.82, 2.24) is 0 Å². The molecule has 0 atom stereocenters. The zero-order valence-electron chi connectivity index (χ0n) is 9.88. The quantitative estimate of drug-likeness (QED) is 0.698. The third-order valence-corrected chi connectivity index (χ3v) is 2.71. The average molecular weight is 210 g/mol. The van der Waals surface area contributed by atoms with Gasteiger partial charge in [-0.05, 0) is 31.4 Å². The Labute approximate surface area is 92.3 Å². The maximum atomic E-state index is 9.08. The van der Waals surface area contributed by atoms with Crippen LogP contribution in [0, 0.1) is 6.92 Å². The van der Waals surface area contributed by atoms with Crippen LogP contribution in [0.25, 0.3) is 0 Å². The van der Waals surface area contributed by atoms with E-state index in [1.165, 1.54) is 37.7 Å². The summed E-state index contributed by atoms with van der Waals surface area (Å²) in [5.74, 6) is 1.66. The topological polar surface area (TPSA) is 33.4 Å². The molecule has 2 nitrogen and oxygen atoms in total. The highest BCUT2D eigenvalue weighted by molar-refractivity contribution is 5.20. The molecule has 0 aliphatic rings. The second kappa shape index (κ2) is 6.67. The van der Waals surface area contributed by atoms with Crippen molar-refractivity contribution in [2.45, 2.75) is 59.0 Å². The molecule has 15 heavy (non-hydrogen) atoms. The monoisotopic (exact) mass is 210 g/mol. The summed E-state index contributed by atoms with van der Waals surface area (Å²) in [5.41, 5.74) is 1.19. The fraction of sp³-hybridized carbons (Fsp3) is 0.692. The smallest absolute Gasteiger partial charge is 0.132 e. The molecular weight excluding hydrogens is 188 g/mol. The summed E-state index contributed by atoms with van der Waals surface area (Å²) in [6.07, 6.45) is 7.46. The Morgan fingerprint density at radius 2 is 1.93 bits per heavy atom. The molecular formula is C13H22O2. The predicted octanol–water partition coefficient (Wildman–Crippen LogP) is 3.59. The Hall–Kier alpha value is -0.760. The SMILES string of the molecule is CCCCCCCc1cc(C)oc1CO. The number of unbranched alkanes of at least 4 members (excludes halogenated alkanes) is 4. The Kier molecular flexibility index (Phi) is 5.48. The van der Waals surface area contributed by atoms with Crippen molar-refractivity contribution >= 4 is 0 Å². The minimum absolute atomic E-state index is 0.0259. The molecule has 0 unspecified atom stereocenters. The van der Waals surface area contributed by atoms with Crippen LogP contribution in [-0.4, -0.2) is 5.11 Å². The first-order valence-electron chi connectivity index (χ1n) is 5.97. The van der Waals surface area contributed by atoms with Crippen molar-refractivity contribution in [1.29, 1.82) is 0 Å². The maximum absolute atomic E-state index is 9.08. The Morgan fingerprint density at radius 3 is 2.60 bits per heavy atom. The van der Waals surface area contributed by atoms with Gasteiger partial charge in [-0.25, -0.2) is 0 Å². The molecule has 0 radical (unpaired) electrons. The van der Waals surface area contributed by atoms with E-state index < -0.39 is 0 Å². The van der Waals surface area contributed by atoms with Gasteiger partial charge in [0.15, 0.2) is 0 Å². The third-order valence-electron chi connectivity index (χ3n) is 2.71. The Morgan fingerprint density at radius 1 is 1.20 bits per heavy atom. The molecule has 0 amide bonds. The standard InChI is InChI=1S/C13H22O2/c1-3-4-5-6-7-8-12-9-11(2)15-13(12)10-14/h9,14H,3-8,10H2,1-2H3. The number of aliphatic hydroxyl groups excluding tert-OH is 1. The van der Waals surface area contributed by atoms with Gasteiger partial charge in [0.2, 0.25) is 0 Å². The molecule has 0 fully saturated rings. The van der Waals surface area contributed by atoms with Crippen LogP contribution in [0.5, 0.6) is 0 Å². The number of aliphatic hydroxyl groups is 1. The second-order valence-corrected chi connectivity index (χ2v) is 4.13. The van der Waals surface area contributed by atoms with Gasteiger partial charge >= 0.3 is 0 Å². The molecule has 86 valence electrons. The van der Waals surface area contributed by atoms with Crippen molar-refractivity contribution < 1.29 is 9.52 Å². The molecule has 0 bridgehead atoms. The second-order valence-electron chi connectivity index (χ2n) is 4.13. The number of hydrogen-bond acceptors (Lipinski definition) is 2. The van der Waals surface area contributed by atoms with E-state index in [0.29, 0.717) is 0 Å². The predicted molar refractivity (Wildman–Crippen MR) is 61.8 cm³/mol. The average Bonchev–Trinajstić information content (AvgIpc) is 2.59. The van der Waals surface area contributed by atoms with E-state index in [9.17, 15) is 0 Å². The van der Waals surface area contributed by atoms with Crippen LogP contribution in [0.15, 0.2) is 10.5 Å². The lowest BCUT2D eigenvalue weighted by Crippen LogP contribution is -1.89. The fourth-order valence-electron chi connectivity index (χ4n) is 1.88. The van der Waals surface area contributed by atoms with Crippen molar-refractivity contribution in [2.24, 2.45) is 0 Å². The summed E-state index contributed by atoms with van der Waals surface area (Å²) in [5, 5.41) is 9.08. The summed E-state index contributed by atoms with van der Waals surface area (Å²) >= 11 is 0. The highest BCUT2D eigenvalue weighted by Crippen LogP contribution is 2.18. The normalized spacial score (nSPS) is 10.9. The van der Waals surface area contributed by atoms with E-state index in [0.717, 1.165) is 17.9 Å². The third kappa shape index (κ3) is 4.08. The van der Waals surface area contributed by atoms with Crippen molar-refractivity contribution in [2.75, 3.05) is 0 Å². The summed E-state index contributed by atoms with van der Waals surface area (Å²) in [7, 11) is 0. The minimum Gasteiger partial charge on any atom is -0.464 e. The summed E-state index contributed by atoms with van der Waals surface area (Å²) in [6, 6.07) is 2.05. The molecule has 0 saturated heterocycles. The van der Waals surface area contributed by atoms with Gasteiger partial charge in [-0.15, -0.1) is 0 Å². The van der Waals surface area contributed by atoms with Crippen LogP contribution >= 0.6 is 0 Å². The van der Waals surface area contributed by atoms with Crippen LogP contribution in [0.2, 0.25) is 0 Å².